The van der Waals surface area contributed by atoms with Gasteiger partial charge in [-0.1, -0.05) is 109 Å². The van der Waals surface area contributed by atoms with Crippen molar-refractivity contribution in [2.24, 2.45) is 0 Å². The molecular weight excluding hydrogens is 385 g/mol. The van der Waals surface area contributed by atoms with E-state index in [0.717, 1.165) is 38.1 Å². The molecule has 144 valence electrons. The minimum absolute atomic E-state index is 0.773. The van der Waals surface area contributed by atoms with E-state index in [0.29, 0.717) is 0 Å². The lowest BCUT2D eigenvalue weighted by Crippen LogP contribution is -2.26. The van der Waals surface area contributed by atoms with Crippen LogP contribution in [0.3, 0.4) is 0 Å². The number of para-hydroxylation sites is 1. The average Bonchev–Trinajstić information content (AvgIpc) is 2.84. The summed E-state index contributed by atoms with van der Waals surface area (Å²) < 4.78 is 14.8. The number of pyridine rings is 1. The lowest BCUT2D eigenvalue weighted by atomic mass is 10.1. The Labute approximate surface area is 176 Å². The fourth-order valence-electron chi connectivity index (χ4n) is 3.86. The lowest BCUT2D eigenvalue weighted by Gasteiger charge is -2.21. The second kappa shape index (κ2) is 7.74. The van der Waals surface area contributed by atoms with Crippen molar-refractivity contribution >= 4 is 34.0 Å². The zero-order valence-electron chi connectivity index (χ0n) is 16.3. The predicted octanol–water partition coefficient (Wildman–Crippen LogP) is 5.54. The third kappa shape index (κ3) is 3.16. The molecule has 30 heavy (non-hydrogen) atoms. The summed E-state index contributed by atoms with van der Waals surface area (Å²) in [6.45, 7) is 0. The Bertz CT molecular complexity index is 1310. The van der Waals surface area contributed by atoms with E-state index in [1.807, 2.05) is 115 Å². The van der Waals surface area contributed by atoms with E-state index in [4.69, 9.17) is 4.98 Å². The highest BCUT2D eigenvalue weighted by atomic mass is 31.2. The van der Waals surface area contributed by atoms with Gasteiger partial charge in [0.05, 0.1) is 11.2 Å². The topological polar surface area (TPSA) is 30.0 Å². The van der Waals surface area contributed by atoms with Crippen molar-refractivity contribution in [2.45, 2.75) is 0 Å². The van der Waals surface area contributed by atoms with E-state index >= 15 is 0 Å². The van der Waals surface area contributed by atoms with Crippen LogP contribution in [-0.4, -0.2) is 4.98 Å². The molecule has 4 aromatic carbocycles. The van der Waals surface area contributed by atoms with E-state index in [1.165, 1.54) is 0 Å². The number of fused-ring (bicyclic) bond motifs is 1. The molecule has 0 aliphatic rings. The van der Waals surface area contributed by atoms with Gasteiger partial charge in [-0.25, -0.2) is 4.98 Å². The second-order valence-corrected chi connectivity index (χ2v) is 9.92. The van der Waals surface area contributed by atoms with Crippen LogP contribution in [0.1, 0.15) is 0 Å². The van der Waals surface area contributed by atoms with Crippen molar-refractivity contribution in [2.75, 3.05) is 0 Å². The number of benzene rings is 4. The SMILES string of the molecule is O=P(c1ccccc1)(c1ccccc1)c1cccc2ccc(-c3ccccc3)nc12. The first-order chi connectivity index (χ1) is 14.8. The van der Waals surface area contributed by atoms with Crippen molar-refractivity contribution in [3.8, 4) is 11.3 Å². The maximum atomic E-state index is 14.8. The van der Waals surface area contributed by atoms with E-state index in [9.17, 15) is 4.57 Å². The van der Waals surface area contributed by atoms with Crippen LogP contribution in [0, 0.1) is 0 Å². The van der Waals surface area contributed by atoms with E-state index in [1.54, 1.807) is 0 Å². The van der Waals surface area contributed by atoms with E-state index in [-0.39, 0.29) is 0 Å². The van der Waals surface area contributed by atoms with Crippen LogP contribution in [0.15, 0.2) is 121 Å². The van der Waals surface area contributed by atoms with Gasteiger partial charge in [-0.15, -0.1) is 0 Å². The minimum Gasteiger partial charge on any atom is -0.309 e. The third-order valence-electron chi connectivity index (χ3n) is 5.35. The molecular formula is C27H20NOP. The maximum absolute atomic E-state index is 14.8. The van der Waals surface area contributed by atoms with Crippen LogP contribution in [0.2, 0.25) is 0 Å². The average molecular weight is 405 g/mol. The van der Waals surface area contributed by atoms with Gasteiger partial charge in [0.25, 0.3) is 0 Å². The predicted molar refractivity (Wildman–Crippen MR) is 127 cm³/mol. The first-order valence-electron chi connectivity index (χ1n) is 9.94. The molecule has 5 rings (SSSR count). The Morgan fingerprint density at radius 1 is 0.533 bits per heavy atom. The lowest BCUT2D eigenvalue weighted by molar-refractivity contribution is 0.592. The number of nitrogens with zero attached hydrogens (tertiary/aromatic N) is 1. The standard InChI is InChI=1S/C27H20NOP/c29-30(23-14-6-2-7-15-23,24-16-8-3-9-17-24)26-18-10-13-22-19-20-25(28-27(22)26)21-11-4-1-5-12-21/h1-20H. The van der Waals surface area contributed by atoms with Gasteiger partial charge in [-0.3, -0.25) is 0 Å². The Kier molecular flexibility index (Phi) is 4.78. The minimum atomic E-state index is -3.10. The smallest absolute Gasteiger partial charge is 0.173 e. The van der Waals surface area contributed by atoms with Crippen LogP contribution in [0.5, 0.6) is 0 Å². The normalized spacial score (nSPS) is 11.5. The van der Waals surface area contributed by atoms with Crippen molar-refractivity contribution in [3.63, 3.8) is 0 Å². The maximum Gasteiger partial charge on any atom is 0.173 e. The zero-order valence-corrected chi connectivity index (χ0v) is 17.2. The Morgan fingerprint density at radius 2 is 1.10 bits per heavy atom. The highest BCUT2D eigenvalue weighted by molar-refractivity contribution is 7.85. The monoisotopic (exact) mass is 405 g/mol. The molecule has 0 aliphatic heterocycles. The van der Waals surface area contributed by atoms with Crippen LogP contribution in [0.25, 0.3) is 22.2 Å². The molecule has 2 nitrogen and oxygen atoms in total. The highest BCUT2D eigenvalue weighted by Crippen LogP contribution is 2.44. The summed E-state index contributed by atoms with van der Waals surface area (Å²) in [5, 5.41) is 3.39. The summed E-state index contributed by atoms with van der Waals surface area (Å²) in [5.74, 6) is 0. The molecule has 0 saturated heterocycles. The summed E-state index contributed by atoms with van der Waals surface area (Å²) in [6, 6.07) is 39.6. The number of hydrogen-bond donors (Lipinski definition) is 0. The van der Waals surface area contributed by atoms with Crippen molar-refractivity contribution < 1.29 is 4.57 Å². The van der Waals surface area contributed by atoms with E-state index < -0.39 is 7.14 Å². The van der Waals surface area contributed by atoms with Gasteiger partial charge in [0.15, 0.2) is 7.14 Å². The molecule has 5 aromatic rings. The van der Waals surface area contributed by atoms with Crippen molar-refractivity contribution in [1.82, 2.24) is 4.98 Å². The molecule has 0 radical (unpaired) electrons. The quantitative estimate of drug-likeness (QED) is 0.368. The molecule has 3 heteroatoms. The zero-order chi connectivity index (χ0) is 20.4. The first-order valence-corrected chi connectivity index (χ1v) is 11.6. The van der Waals surface area contributed by atoms with Crippen LogP contribution in [-0.2, 0) is 4.57 Å². The summed E-state index contributed by atoms with van der Waals surface area (Å²) >= 11 is 0. The summed E-state index contributed by atoms with van der Waals surface area (Å²) in [4.78, 5) is 4.99. The number of aromatic nitrogens is 1. The van der Waals surface area contributed by atoms with Gasteiger partial charge in [0.1, 0.15) is 0 Å². The molecule has 0 fully saturated rings. The van der Waals surface area contributed by atoms with Crippen LogP contribution < -0.4 is 15.9 Å². The molecule has 0 amide bonds. The fourth-order valence-corrected chi connectivity index (χ4v) is 6.67. The molecule has 0 spiro atoms. The molecule has 0 bridgehead atoms. The molecule has 0 saturated carbocycles. The molecule has 0 unspecified atom stereocenters. The largest absolute Gasteiger partial charge is 0.309 e. The Hall–Kier alpha value is -3.48. The van der Waals surface area contributed by atoms with Gasteiger partial charge in [-0.05, 0) is 12.1 Å². The van der Waals surface area contributed by atoms with Crippen LogP contribution >= 0.6 is 7.14 Å². The Morgan fingerprint density at radius 3 is 1.70 bits per heavy atom. The van der Waals surface area contributed by atoms with Crippen molar-refractivity contribution in [3.05, 3.63) is 121 Å². The number of hydrogen-bond acceptors (Lipinski definition) is 2. The fraction of sp³-hybridized carbons (Fsp3) is 0. The second-order valence-electron chi connectivity index (χ2n) is 7.19. The molecule has 1 aromatic heterocycles. The molecule has 0 atom stereocenters. The van der Waals surface area contributed by atoms with Gasteiger partial charge in [0, 0.05) is 26.9 Å². The van der Waals surface area contributed by atoms with Gasteiger partial charge < -0.3 is 4.57 Å². The third-order valence-corrected chi connectivity index (χ3v) is 8.44. The van der Waals surface area contributed by atoms with Gasteiger partial charge in [-0.2, -0.15) is 0 Å². The summed E-state index contributed by atoms with van der Waals surface area (Å²) in [6.07, 6.45) is 0. The summed E-state index contributed by atoms with van der Waals surface area (Å²) in [7, 11) is -3.10. The van der Waals surface area contributed by atoms with Gasteiger partial charge in [0.2, 0.25) is 0 Å². The molecule has 0 aliphatic carbocycles. The molecule has 1 heterocycles. The van der Waals surface area contributed by atoms with E-state index in [2.05, 4.69) is 6.07 Å². The molecule has 0 N–H and O–H groups in total. The van der Waals surface area contributed by atoms with Gasteiger partial charge >= 0.3 is 0 Å². The Balaban J connectivity index is 1.82. The number of rotatable bonds is 4. The van der Waals surface area contributed by atoms with Crippen LogP contribution in [0.4, 0.5) is 0 Å². The summed E-state index contributed by atoms with van der Waals surface area (Å²) in [5.41, 5.74) is 2.71. The first kappa shape index (κ1) is 18.5. The highest BCUT2D eigenvalue weighted by Gasteiger charge is 2.31. The van der Waals surface area contributed by atoms with Crippen molar-refractivity contribution in [1.29, 1.82) is 0 Å².